The molecular weight excluding hydrogens is 126 g/mol. The summed E-state index contributed by atoms with van der Waals surface area (Å²) in [4.78, 5) is 0. The first kappa shape index (κ1) is 9.66. The van der Waals surface area contributed by atoms with E-state index in [1.165, 1.54) is 0 Å². The zero-order valence-corrected chi connectivity index (χ0v) is 6.80. The van der Waals surface area contributed by atoms with Crippen molar-refractivity contribution in [3.05, 3.63) is 12.7 Å². The standard InChI is InChI=1S/C8H17NO/c1-4-5-8(10,6-9)7(2)3/h4,7,10H,1,5-6,9H2,2-3H3. The Morgan fingerprint density at radius 1 is 1.70 bits per heavy atom. The Kier molecular flexibility index (Phi) is 3.61. The maximum absolute atomic E-state index is 9.70. The third kappa shape index (κ3) is 2.12. The summed E-state index contributed by atoms with van der Waals surface area (Å²) in [6, 6.07) is 0. The quantitative estimate of drug-likeness (QED) is 0.574. The maximum Gasteiger partial charge on any atom is 0.0826 e. The molecule has 0 aliphatic carbocycles. The van der Waals surface area contributed by atoms with Crippen molar-refractivity contribution in [3.63, 3.8) is 0 Å². The molecule has 0 bridgehead atoms. The molecule has 1 unspecified atom stereocenters. The van der Waals surface area contributed by atoms with E-state index in [4.69, 9.17) is 5.73 Å². The summed E-state index contributed by atoms with van der Waals surface area (Å²) in [5, 5.41) is 9.70. The van der Waals surface area contributed by atoms with Gasteiger partial charge in [0.15, 0.2) is 0 Å². The van der Waals surface area contributed by atoms with Crippen molar-refractivity contribution in [2.24, 2.45) is 11.7 Å². The average Bonchev–Trinajstić information content (AvgIpc) is 1.88. The zero-order valence-electron chi connectivity index (χ0n) is 6.80. The van der Waals surface area contributed by atoms with Gasteiger partial charge in [0.2, 0.25) is 0 Å². The first-order valence-corrected chi connectivity index (χ1v) is 3.60. The van der Waals surface area contributed by atoms with Gasteiger partial charge in [-0.05, 0) is 12.3 Å². The van der Waals surface area contributed by atoms with E-state index in [2.05, 4.69) is 6.58 Å². The summed E-state index contributed by atoms with van der Waals surface area (Å²) in [5.41, 5.74) is 4.65. The minimum absolute atomic E-state index is 0.190. The van der Waals surface area contributed by atoms with E-state index in [-0.39, 0.29) is 5.92 Å². The van der Waals surface area contributed by atoms with Crippen molar-refractivity contribution >= 4 is 0 Å². The highest BCUT2D eigenvalue weighted by Crippen LogP contribution is 2.19. The first-order chi connectivity index (χ1) is 4.56. The van der Waals surface area contributed by atoms with Gasteiger partial charge in [-0.2, -0.15) is 0 Å². The molecule has 60 valence electrons. The highest BCUT2D eigenvalue weighted by molar-refractivity contribution is 4.89. The molecule has 10 heavy (non-hydrogen) atoms. The number of rotatable bonds is 4. The molecule has 0 radical (unpaired) electrons. The molecule has 0 spiro atoms. The normalized spacial score (nSPS) is 16.9. The van der Waals surface area contributed by atoms with Crippen LogP contribution < -0.4 is 5.73 Å². The van der Waals surface area contributed by atoms with Crippen molar-refractivity contribution in [1.29, 1.82) is 0 Å². The Labute approximate surface area is 62.7 Å². The molecular formula is C8H17NO. The molecule has 1 atom stereocenters. The van der Waals surface area contributed by atoms with Crippen LogP contribution in [-0.2, 0) is 0 Å². The second-order valence-corrected chi connectivity index (χ2v) is 2.96. The van der Waals surface area contributed by atoms with Crippen LogP contribution in [0.5, 0.6) is 0 Å². The molecule has 0 amide bonds. The molecule has 0 saturated heterocycles. The van der Waals surface area contributed by atoms with Crippen LogP contribution in [0.2, 0.25) is 0 Å². The molecule has 0 aromatic carbocycles. The molecule has 0 aliphatic heterocycles. The molecule has 2 nitrogen and oxygen atoms in total. The van der Waals surface area contributed by atoms with Crippen molar-refractivity contribution in [2.45, 2.75) is 25.9 Å². The zero-order chi connectivity index (χ0) is 8.20. The lowest BCUT2D eigenvalue weighted by Crippen LogP contribution is -2.42. The van der Waals surface area contributed by atoms with Crippen molar-refractivity contribution < 1.29 is 5.11 Å². The molecule has 0 saturated carbocycles. The van der Waals surface area contributed by atoms with Crippen molar-refractivity contribution in [2.75, 3.05) is 6.54 Å². The Hall–Kier alpha value is -0.340. The topological polar surface area (TPSA) is 46.2 Å². The van der Waals surface area contributed by atoms with Crippen LogP contribution in [0.15, 0.2) is 12.7 Å². The summed E-state index contributed by atoms with van der Waals surface area (Å²) in [6.07, 6.45) is 2.27. The second-order valence-electron chi connectivity index (χ2n) is 2.96. The van der Waals surface area contributed by atoms with Crippen LogP contribution in [0.1, 0.15) is 20.3 Å². The van der Waals surface area contributed by atoms with Crippen LogP contribution in [0.3, 0.4) is 0 Å². The summed E-state index contributed by atoms with van der Waals surface area (Å²) in [6.45, 7) is 7.77. The summed E-state index contributed by atoms with van der Waals surface area (Å²) >= 11 is 0. The monoisotopic (exact) mass is 143 g/mol. The van der Waals surface area contributed by atoms with Crippen molar-refractivity contribution in [1.82, 2.24) is 0 Å². The predicted octanol–water partition coefficient (Wildman–Crippen LogP) is 0.908. The molecule has 0 aromatic heterocycles. The van der Waals surface area contributed by atoms with Gasteiger partial charge in [0, 0.05) is 6.54 Å². The fourth-order valence-corrected chi connectivity index (χ4v) is 0.805. The largest absolute Gasteiger partial charge is 0.388 e. The van der Waals surface area contributed by atoms with E-state index >= 15 is 0 Å². The Bertz CT molecular complexity index is 112. The van der Waals surface area contributed by atoms with Gasteiger partial charge in [-0.15, -0.1) is 6.58 Å². The smallest absolute Gasteiger partial charge is 0.0826 e. The van der Waals surface area contributed by atoms with E-state index in [0.717, 1.165) is 0 Å². The van der Waals surface area contributed by atoms with Gasteiger partial charge >= 0.3 is 0 Å². The molecule has 0 heterocycles. The van der Waals surface area contributed by atoms with Gasteiger partial charge in [0.05, 0.1) is 5.60 Å². The first-order valence-electron chi connectivity index (χ1n) is 3.60. The summed E-state index contributed by atoms with van der Waals surface area (Å²) < 4.78 is 0. The van der Waals surface area contributed by atoms with E-state index in [0.29, 0.717) is 13.0 Å². The number of aliphatic hydroxyl groups is 1. The van der Waals surface area contributed by atoms with Crippen LogP contribution in [0, 0.1) is 5.92 Å². The van der Waals surface area contributed by atoms with Crippen LogP contribution in [0.25, 0.3) is 0 Å². The Balaban J connectivity index is 4.07. The van der Waals surface area contributed by atoms with E-state index < -0.39 is 5.60 Å². The molecule has 0 rings (SSSR count). The fraction of sp³-hybridized carbons (Fsp3) is 0.750. The van der Waals surface area contributed by atoms with Crippen LogP contribution >= 0.6 is 0 Å². The molecule has 0 aromatic rings. The fourth-order valence-electron chi connectivity index (χ4n) is 0.805. The summed E-state index contributed by atoms with van der Waals surface area (Å²) in [7, 11) is 0. The molecule has 3 N–H and O–H groups in total. The van der Waals surface area contributed by atoms with E-state index in [9.17, 15) is 5.11 Å². The van der Waals surface area contributed by atoms with E-state index in [1.54, 1.807) is 6.08 Å². The van der Waals surface area contributed by atoms with Gasteiger partial charge in [-0.3, -0.25) is 0 Å². The molecule has 2 heteroatoms. The number of hydrogen-bond donors (Lipinski definition) is 2. The van der Waals surface area contributed by atoms with Gasteiger partial charge < -0.3 is 10.8 Å². The minimum atomic E-state index is -0.748. The van der Waals surface area contributed by atoms with Crippen molar-refractivity contribution in [3.8, 4) is 0 Å². The Morgan fingerprint density at radius 2 is 2.20 bits per heavy atom. The second kappa shape index (κ2) is 3.74. The lowest BCUT2D eigenvalue weighted by molar-refractivity contribution is 0.00667. The molecule has 0 fully saturated rings. The Morgan fingerprint density at radius 3 is 2.30 bits per heavy atom. The lowest BCUT2D eigenvalue weighted by atomic mass is 9.87. The lowest BCUT2D eigenvalue weighted by Gasteiger charge is -2.29. The minimum Gasteiger partial charge on any atom is -0.388 e. The van der Waals surface area contributed by atoms with Crippen LogP contribution in [0.4, 0.5) is 0 Å². The number of nitrogens with two attached hydrogens (primary N) is 1. The SMILES string of the molecule is C=CCC(O)(CN)C(C)C. The van der Waals surface area contributed by atoms with Gasteiger partial charge in [-0.1, -0.05) is 19.9 Å². The molecule has 0 aliphatic rings. The van der Waals surface area contributed by atoms with Crippen LogP contribution in [-0.4, -0.2) is 17.3 Å². The predicted molar refractivity (Wildman–Crippen MR) is 43.7 cm³/mol. The summed E-state index contributed by atoms with van der Waals surface area (Å²) in [5.74, 6) is 0.190. The van der Waals surface area contributed by atoms with Gasteiger partial charge in [0.1, 0.15) is 0 Å². The van der Waals surface area contributed by atoms with Gasteiger partial charge in [0.25, 0.3) is 0 Å². The van der Waals surface area contributed by atoms with Gasteiger partial charge in [-0.25, -0.2) is 0 Å². The average molecular weight is 143 g/mol. The third-order valence-corrected chi connectivity index (χ3v) is 1.93. The highest BCUT2D eigenvalue weighted by atomic mass is 16.3. The maximum atomic E-state index is 9.70. The number of hydrogen-bond acceptors (Lipinski definition) is 2. The highest BCUT2D eigenvalue weighted by Gasteiger charge is 2.27. The third-order valence-electron chi connectivity index (χ3n) is 1.93. The van der Waals surface area contributed by atoms with E-state index in [1.807, 2.05) is 13.8 Å².